The molecule has 13 heavy (non-hydrogen) atoms. The van der Waals surface area contributed by atoms with Crippen molar-refractivity contribution in [2.45, 2.75) is 0 Å². The van der Waals surface area contributed by atoms with Crippen molar-refractivity contribution < 1.29 is 0 Å². The number of nitrogens with two attached hydrogens (primary N) is 1. The van der Waals surface area contributed by atoms with E-state index in [1.807, 2.05) is 25.2 Å². The van der Waals surface area contributed by atoms with Crippen LogP contribution < -0.4 is 11.1 Å². The van der Waals surface area contributed by atoms with E-state index < -0.39 is 0 Å². The van der Waals surface area contributed by atoms with Gasteiger partial charge in [-0.3, -0.25) is 0 Å². The summed E-state index contributed by atoms with van der Waals surface area (Å²) in [5, 5.41) is 5.45. The van der Waals surface area contributed by atoms with Gasteiger partial charge >= 0.3 is 0 Å². The second kappa shape index (κ2) is 2.98. The van der Waals surface area contributed by atoms with Gasteiger partial charge < -0.3 is 11.1 Å². The molecule has 0 aliphatic rings. The molecule has 0 aliphatic carbocycles. The molecule has 0 radical (unpaired) electrons. The lowest BCUT2D eigenvalue weighted by molar-refractivity contribution is 1.53. The van der Waals surface area contributed by atoms with E-state index >= 15 is 0 Å². The third-order valence-corrected chi connectivity index (χ3v) is 2.19. The van der Waals surface area contributed by atoms with Crippen molar-refractivity contribution in [2.24, 2.45) is 0 Å². The maximum atomic E-state index is 5.83. The van der Waals surface area contributed by atoms with Crippen LogP contribution in [0.15, 0.2) is 36.4 Å². The van der Waals surface area contributed by atoms with Crippen LogP contribution in [0.4, 0.5) is 11.4 Å². The Morgan fingerprint density at radius 2 is 1.69 bits per heavy atom. The summed E-state index contributed by atoms with van der Waals surface area (Å²) < 4.78 is 0. The average molecular weight is 172 g/mol. The van der Waals surface area contributed by atoms with Gasteiger partial charge in [0.2, 0.25) is 0 Å². The van der Waals surface area contributed by atoms with Crippen LogP contribution in [0.1, 0.15) is 0 Å². The molecule has 0 aliphatic heterocycles. The van der Waals surface area contributed by atoms with Gasteiger partial charge in [-0.05, 0) is 22.9 Å². The van der Waals surface area contributed by atoms with Crippen LogP contribution in [0.3, 0.4) is 0 Å². The third-order valence-electron chi connectivity index (χ3n) is 2.19. The van der Waals surface area contributed by atoms with Crippen molar-refractivity contribution >= 4 is 22.1 Å². The van der Waals surface area contributed by atoms with Crippen LogP contribution in [0.2, 0.25) is 0 Å². The Kier molecular flexibility index (Phi) is 1.81. The molecule has 2 aromatic rings. The van der Waals surface area contributed by atoms with Crippen LogP contribution in [-0.4, -0.2) is 7.05 Å². The van der Waals surface area contributed by atoms with E-state index in [4.69, 9.17) is 5.73 Å². The molecule has 0 unspecified atom stereocenters. The highest BCUT2D eigenvalue weighted by Crippen LogP contribution is 2.25. The molecule has 0 atom stereocenters. The molecule has 0 heterocycles. The van der Waals surface area contributed by atoms with Gasteiger partial charge in [-0.1, -0.05) is 24.3 Å². The molecular weight excluding hydrogens is 160 g/mol. The Labute approximate surface area is 77.4 Å². The summed E-state index contributed by atoms with van der Waals surface area (Å²) in [7, 11) is 1.88. The Morgan fingerprint density at radius 1 is 1.08 bits per heavy atom. The average Bonchev–Trinajstić information content (AvgIpc) is 2.17. The molecule has 0 fully saturated rings. The van der Waals surface area contributed by atoms with E-state index in [-0.39, 0.29) is 0 Å². The lowest BCUT2D eigenvalue weighted by atomic mass is 10.1. The summed E-state index contributed by atoms with van der Waals surface area (Å²) in [4.78, 5) is 0. The minimum absolute atomic E-state index is 0.793. The van der Waals surface area contributed by atoms with E-state index in [0.29, 0.717) is 0 Å². The molecule has 0 bridgehead atoms. The number of nitrogen functional groups attached to an aromatic ring is 1. The van der Waals surface area contributed by atoms with Crippen LogP contribution in [0, 0.1) is 0 Å². The van der Waals surface area contributed by atoms with E-state index in [9.17, 15) is 0 Å². The van der Waals surface area contributed by atoms with Crippen molar-refractivity contribution in [1.29, 1.82) is 0 Å². The minimum atomic E-state index is 0.793. The fourth-order valence-corrected chi connectivity index (χ4v) is 1.47. The summed E-state index contributed by atoms with van der Waals surface area (Å²) in [5.41, 5.74) is 7.61. The quantitative estimate of drug-likeness (QED) is 0.648. The summed E-state index contributed by atoms with van der Waals surface area (Å²) >= 11 is 0. The van der Waals surface area contributed by atoms with E-state index in [1.165, 1.54) is 10.8 Å². The Hall–Kier alpha value is -1.70. The van der Waals surface area contributed by atoms with Gasteiger partial charge in [-0.2, -0.15) is 0 Å². The second-order valence-electron chi connectivity index (χ2n) is 3.04. The lowest BCUT2D eigenvalue weighted by Gasteiger charge is -2.06. The van der Waals surface area contributed by atoms with E-state index in [0.717, 1.165) is 11.4 Å². The zero-order chi connectivity index (χ0) is 9.26. The fourth-order valence-electron chi connectivity index (χ4n) is 1.47. The van der Waals surface area contributed by atoms with Gasteiger partial charge in [0.1, 0.15) is 0 Å². The first-order valence-corrected chi connectivity index (χ1v) is 4.27. The van der Waals surface area contributed by atoms with Crippen molar-refractivity contribution in [3.8, 4) is 0 Å². The first-order chi connectivity index (χ1) is 6.31. The Morgan fingerprint density at radius 3 is 2.31 bits per heavy atom. The number of rotatable bonds is 1. The number of benzene rings is 2. The second-order valence-corrected chi connectivity index (χ2v) is 3.04. The number of hydrogen-bond acceptors (Lipinski definition) is 2. The molecule has 2 nitrogen and oxygen atoms in total. The van der Waals surface area contributed by atoms with Gasteiger partial charge in [0.05, 0.1) is 11.4 Å². The van der Waals surface area contributed by atoms with Gasteiger partial charge in [0.25, 0.3) is 0 Å². The highest BCUT2D eigenvalue weighted by molar-refractivity contribution is 5.91. The number of anilines is 2. The maximum Gasteiger partial charge on any atom is 0.0577 e. The van der Waals surface area contributed by atoms with Gasteiger partial charge in [-0.15, -0.1) is 0 Å². The SMILES string of the molecule is CNc1cc2ccccc2cc1N. The van der Waals surface area contributed by atoms with E-state index in [1.54, 1.807) is 0 Å². The van der Waals surface area contributed by atoms with Gasteiger partial charge in [0, 0.05) is 7.05 Å². The molecule has 2 aromatic carbocycles. The van der Waals surface area contributed by atoms with Crippen LogP contribution in [0.5, 0.6) is 0 Å². The smallest absolute Gasteiger partial charge is 0.0577 e. The predicted octanol–water partition coefficient (Wildman–Crippen LogP) is 2.46. The molecule has 0 saturated heterocycles. The summed E-state index contributed by atoms with van der Waals surface area (Å²) in [6.07, 6.45) is 0. The third kappa shape index (κ3) is 1.31. The van der Waals surface area contributed by atoms with E-state index in [2.05, 4.69) is 23.5 Å². The number of hydrogen-bond donors (Lipinski definition) is 2. The number of fused-ring (bicyclic) bond motifs is 1. The first-order valence-electron chi connectivity index (χ1n) is 4.27. The van der Waals surface area contributed by atoms with Crippen molar-refractivity contribution in [1.82, 2.24) is 0 Å². The molecule has 0 amide bonds. The van der Waals surface area contributed by atoms with Gasteiger partial charge in [0.15, 0.2) is 0 Å². The topological polar surface area (TPSA) is 38.0 Å². The predicted molar refractivity (Wildman–Crippen MR) is 57.9 cm³/mol. The van der Waals surface area contributed by atoms with Gasteiger partial charge in [-0.25, -0.2) is 0 Å². The monoisotopic (exact) mass is 172 g/mol. The molecule has 66 valence electrons. The normalized spacial score (nSPS) is 10.2. The largest absolute Gasteiger partial charge is 0.397 e. The lowest BCUT2D eigenvalue weighted by Crippen LogP contribution is -1.95. The maximum absolute atomic E-state index is 5.83. The Bertz CT molecular complexity index is 435. The summed E-state index contributed by atoms with van der Waals surface area (Å²) in [6, 6.07) is 12.2. The fraction of sp³-hybridized carbons (Fsp3) is 0.0909. The van der Waals surface area contributed by atoms with Crippen LogP contribution >= 0.6 is 0 Å². The summed E-state index contributed by atoms with van der Waals surface area (Å²) in [5.74, 6) is 0. The van der Waals surface area contributed by atoms with Crippen molar-refractivity contribution in [3.05, 3.63) is 36.4 Å². The van der Waals surface area contributed by atoms with Crippen LogP contribution in [-0.2, 0) is 0 Å². The molecule has 2 rings (SSSR count). The zero-order valence-corrected chi connectivity index (χ0v) is 7.54. The Balaban J connectivity index is 2.74. The zero-order valence-electron chi connectivity index (χ0n) is 7.54. The van der Waals surface area contributed by atoms with Crippen LogP contribution in [0.25, 0.3) is 10.8 Å². The molecule has 0 aromatic heterocycles. The van der Waals surface area contributed by atoms with Crippen molar-refractivity contribution in [2.75, 3.05) is 18.1 Å². The standard InChI is InChI=1S/C11H12N2/c1-13-11-7-9-5-3-2-4-8(9)6-10(11)12/h2-7,13H,12H2,1H3. The minimum Gasteiger partial charge on any atom is -0.397 e. The molecular formula is C11H12N2. The molecule has 3 N–H and O–H groups in total. The molecule has 0 spiro atoms. The molecule has 0 saturated carbocycles. The highest BCUT2D eigenvalue weighted by Gasteiger charge is 1.98. The highest BCUT2D eigenvalue weighted by atomic mass is 14.8. The van der Waals surface area contributed by atoms with Crippen molar-refractivity contribution in [3.63, 3.8) is 0 Å². The number of nitrogens with one attached hydrogen (secondary N) is 1. The summed E-state index contributed by atoms with van der Waals surface area (Å²) in [6.45, 7) is 0. The first kappa shape index (κ1) is 7.92. The molecule has 2 heteroatoms.